The molecular formula is C17H25NO8P2. The predicted octanol–water partition coefficient (Wildman–Crippen LogP) is 2.25. The summed E-state index contributed by atoms with van der Waals surface area (Å²) in [4.78, 5) is 42.1. The van der Waals surface area contributed by atoms with Crippen LogP contribution in [-0.2, 0) is 9.13 Å². The van der Waals surface area contributed by atoms with Gasteiger partial charge in [-0.25, -0.2) is 0 Å². The van der Waals surface area contributed by atoms with Gasteiger partial charge < -0.3 is 29.4 Å². The van der Waals surface area contributed by atoms with E-state index in [9.17, 15) is 33.8 Å². The zero-order valence-corrected chi connectivity index (χ0v) is 17.1. The largest absolute Gasteiger partial charge is 0.494 e. The van der Waals surface area contributed by atoms with E-state index in [1.807, 2.05) is 18.2 Å². The lowest BCUT2D eigenvalue weighted by molar-refractivity contribution is 0.0925. The number of ether oxygens (including phenoxy) is 1. The third-order valence-corrected chi connectivity index (χ3v) is 8.66. The molecule has 1 aliphatic rings. The molecule has 1 aromatic carbocycles. The highest BCUT2D eigenvalue weighted by Crippen LogP contribution is 2.70. The number of rotatable bonds is 10. The SMILES string of the molecule is CC1(C(CCCOc2ccccc2)CC(O)(P(=O)(O)O)P(=O)(O)O)C=CC=N1. The molecule has 156 valence electrons. The first kappa shape index (κ1) is 23.0. The summed E-state index contributed by atoms with van der Waals surface area (Å²) < 4.78 is 29.1. The van der Waals surface area contributed by atoms with Crippen molar-refractivity contribution < 1.29 is 38.5 Å². The molecule has 1 aliphatic heterocycles. The van der Waals surface area contributed by atoms with Gasteiger partial charge in [-0.2, -0.15) is 0 Å². The molecule has 0 bridgehead atoms. The Morgan fingerprint density at radius 2 is 1.75 bits per heavy atom. The molecule has 0 aliphatic carbocycles. The van der Waals surface area contributed by atoms with Crippen LogP contribution in [0.25, 0.3) is 0 Å². The Kier molecular flexibility index (Phi) is 7.05. The molecule has 0 radical (unpaired) electrons. The van der Waals surface area contributed by atoms with Crippen molar-refractivity contribution in [3.63, 3.8) is 0 Å². The molecule has 2 unspecified atom stereocenters. The lowest BCUT2D eigenvalue weighted by Gasteiger charge is -2.37. The van der Waals surface area contributed by atoms with E-state index in [1.54, 1.807) is 31.2 Å². The van der Waals surface area contributed by atoms with Crippen LogP contribution in [-0.4, -0.2) is 48.1 Å². The molecule has 0 amide bonds. The first-order valence-electron chi connectivity index (χ1n) is 8.64. The van der Waals surface area contributed by atoms with Crippen molar-refractivity contribution in [2.24, 2.45) is 10.9 Å². The Labute approximate surface area is 163 Å². The first-order valence-corrected chi connectivity index (χ1v) is 11.9. The molecule has 2 atom stereocenters. The van der Waals surface area contributed by atoms with Gasteiger partial charge >= 0.3 is 15.2 Å². The van der Waals surface area contributed by atoms with Gasteiger partial charge in [-0.15, -0.1) is 0 Å². The normalized spacial score (nSPS) is 21.1. The van der Waals surface area contributed by atoms with Crippen LogP contribution in [0.5, 0.6) is 5.75 Å². The van der Waals surface area contributed by atoms with Crippen LogP contribution in [0.4, 0.5) is 0 Å². The molecule has 0 spiro atoms. The van der Waals surface area contributed by atoms with E-state index in [2.05, 4.69) is 4.99 Å². The van der Waals surface area contributed by atoms with Crippen molar-refractivity contribution in [3.05, 3.63) is 42.5 Å². The highest BCUT2D eigenvalue weighted by atomic mass is 31.2. The number of hydrogen-bond donors (Lipinski definition) is 5. The van der Waals surface area contributed by atoms with Gasteiger partial charge in [0.25, 0.3) is 5.08 Å². The van der Waals surface area contributed by atoms with Crippen LogP contribution in [0.1, 0.15) is 26.2 Å². The maximum Gasteiger partial charge on any atom is 0.369 e. The number of hydrogen-bond acceptors (Lipinski definition) is 5. The zero-order chi connectivity index (χ0) is 21.1. The molecule has 28 heavy (non-hydrogen) atoms. The number of allylic oxidation sites excluding steroid dienone is 1. The minimum atomic E-state index is -5.53. The second-order valence-corrected chi connectivity index (χ2v) is 10.9. The van der Waals surface area contributed by atoms with Gasteiger partial charge in [-0.3, -0.25) is 14.1 Å². The molecule has 5 N–H and O–H groups in total. The van der Waals surface area contributed by atoms with Crippen LogP contribution < -0.4 is 4.74 Å². The summed E-state index contributed by atoms with van der Waals surface area (Å²) >= 11 is 0. The lowest BCUT2D eigenvalue weighted by Crippen LogP contribution is -2.39. The Morgan fingerprint density at radius 1 is 1.14 bits per heavy atom. The van der Waals surface area contributed by atoms with Gasteiger partial charge in [-0.1, -0.05) is 24.3 Å². The average molecular weight is 433 g/mol. The Hall–Kier alpha value is -1.31. The Balaban J connectivity index is 2.16. The van der Waals surface area contributed by atoms with Crippen molar-refractivity contribution in [2.45, 2.75) is 36.8 Å². The van der Waals surface area contributed by atoms with Crippen molar-refractivity contribution in [3.8, 4) is 5.75 Å². The zero-order valence-electron chi connectivity index (χ0n) is 15.3. The van der Waals surface area contributed by atoms with E-state index in [0.717, 1.165) is 0 Å². The first-order chi connectivity index (χ1) is 12.9. The van der Waals surface area contributed by atoms with Crippen LogP contribution >= 0.6 is 15.2 Å². The van der Waals surface area contributed by atoms with Gasteiger partial charge in [0.1, 0.15) is 5.75 Å². The Bertz CT molecular complexity index is 780. The highest BCUT2D eigenvalue weighted by molar-refractivity contribution is 7.72. The fraction of sp³-hybridized carbons (Fsp3) is 0.471. The van der Waals surface area contributed by atoms with Gasteiger partial charge in [0.05, 0.1) is 12.1 Å². The summed E-state index contributed by atoms with van der Waals surface area (Å²) in [6.07, 6.45) is 4.70. The minimum absolute atomic E-state index is 0.271. The summed E-state index contributed by atoms with van der Waals surface area (Å²) in [6.45, 7) is 1.96. The monoisotopic (exact) mass is 433 g/mol. The van der Waals surface area contributed by atoms with Gasteiger partial charge in [0.15, 0.2) is 0 Å². The molecule has 0 saturated heterocycles. The van der Waals surface area contributed by atoms with Crippen LogP contribution in [0, 0.1) is 5.92 Å². The third kappa shape index (κ3) is 5.19. The van der Waals surface area contributed by atoms with E-state index < -0.39 is 38.2 Å². The summed E-state index contributed by atoms with van der Waals surface area (Å²) in [5.74, 6) is -0.0851. The quantitative estimate of drug-likeness (QED) is 0.278. The summed E-state index contributed by atoms with van der Waals surface area (Å²) in [7, 11) is -11.1. The van der Waals surface area contributed by atoms with Gasteiger partial charge in [0.2, 0.25) is 0 Å². The molecule has 1 heterocycles. The van der Waals surface area contributed by atoms with E-state index in [4.69, 9.17) is 4.74 Å². The molecule has 11 heteroatoms. The molecule has 0 aromatic heterocycles. The van der Waals surface area contributed by atoms with E-state index >= 15 is 0 Å². The van der Waals surface area contributed by atoms with Crippen LogP contribution in [0.2, 0.25) is 0 Å². The molecule has 9 nitrogen and oxygen atoms in total. The van der Waals surface area contributed by atoms with Crippen LogP contribution in [0.3, 0.4) is 0 Å². The maximum atomic E-state index is 11.7. The average Bonchev–Trinajstić information content (AvgIpc) is 3.04. The Morgan fingerprint density at radius 3 is 2.25 bits per heavy atom. The number of nitrogens with zero attached hydrogens (tertiary/aromatic N) is 1. The topological polar surface area (TPSA) is 157 Å². The summed E-state index contributed by atoms with van der Waals surface area (Å²) in [5.41, 5.74) is -0.953. The summed E-state index contributed by atoms with van der Waals surface area (Å²) in [5, 5.41) is 6.86. The minimum Gasteiger partial charge on any atom is -0.494 e. The predicted molar refractivity (Wildman–Crippen MR) is 104 cm³/mol. The highest BCUT2D eigenvalue weighted by Gasteiger charge is 2.61. The second-order valence-electron chi connectivity index (χ2n) is 6.93. The van der Waals surface area contributed by atoms with E-state index in [1.165, 1.54) is 6.21 Å². The summed E-state index contributed by atoms with van der Waals surface area (Å²) in [6, 6.07) is 9.04. The van der Waals surface area contributed by atoms with Crippen molar-refractivity contribution in [2.75, 3.05) is 6.61 Å². The van der Waals surface area contributed by atoms with Crippen molar-refractivity contribution in [1.29, 1.82) is 0 Å². The van der Waals surface area contributed by atoms with Crippen molar-refractivity contribution in [1.82, 2.24) is 0 Å². The number of aliphatic hydroxyl groups is 1. The maximum absolute atomic E-state index is 11.7. The standard InChI is InChI=1S/C17H25NO8P2/c1-16(10-6-11-18-16)14(7-5-12-26-15-8-3-2-4-9-15)13-17(19,27(20,21)22)28(23,24)25/h2-4,6,8-11,14,19H,5,7,12-13H2,1H3,(H2,20,21,22)(H2,23,24,25). The van der Waals surface area contributed by atoms with E-state index in [-0.39, 0.29) is 13.0 Å². The second kappa shape index (κ2) is 8.59. The number of aliphatic imine (C=N–C) groups is 1. The van der Waals surface area contributed by atoms with Gasteiger partial charge in [0, 0.05) is 12.6 Å². The fourth-order valence-electron chi connectivity index (χ4n) is 3.10. The van der Waals surface area contributed by atoms with Crippen molar-refractivity contribution >= 4 is 21.4 Å². The molecular weight excluding hydrogens is 408 g/mol. The smallest absolute Gasteiger partial charge is 0.369 e. The van der Waals surface area contributed by atoms with E-state index in [0.29, 0.717) is 12.2 Å². The number of benzene rings is 1. The molecule has 0 fully saturated rings. The third-order valence-electron chi connectivity index (χ3n) is 4.86. The molecule has 1 aromatic rings. The van der Waals surface area contributed by atoms with Gasteiger partial charge in [-0.05, 0) is 43.9 Å². The molecule has 0 saturated carbocycles. The fourth-order valence-corrected chi connectivity index (χ4v) is 5.38. The molecule has 2 rings (SSSR count). The lowest BCUT2D eigenvalue weighted by atomic mass is 9.81. The number of para-hydroxylation sites is 1. The van der Waals surface area contributed by atoms with Crippen LogP contribution in [0.15, 0.2) is 47.5 Å².